The van der Waals surface area contributed by atoms with Crippen molar-refractivity contribution in [1.82, 2.24) is 0 Å². The van der Waals surface area contributed by atoms with E-state index >= 15 is 0 Å². The van der Waals surface area contributed by atoms with E-state index in [2.05, 4.69) is 0 Å². The quantitative estimate of drug-likeness (QED) is 0.870. The number of ether oxygens (including phenoxy) is 1. The van der Waals surface area contributed by atoms with Crippen molar-refractivity contribution in [2.24, 2.45) is 5.73 Å². The molecule has 0 spiro atoms. The second-order valence-corrected chi connectivity index (χ2v) is 4.54. The summed E-state index contributed by atoms with van der Waals surface area (Å²) in [6, 6.07) is 4.94. The predicted octanol–water partition coefficient (Wildman–Crippen LogP) is 1.90. The van der Waals surface area contributed by atoms with Gasteiger partial charge >= 0.3 is 0 Å². The molecule has 1 aliphatic heterocycles. The first-order valence-electron chi connectivity index (χ1n) is 6.01. The van der Waals surface area contributed by atoms with Crippen LogP contribution < -0.4 is 10.6 Å². The second-order valence-electron chi connectivity index (χ2n) is 4.54. The number of likely N-dealkylation sites (N-methyl/N-ethyl adjacent to an activating group) is 1. The molecule has 1 heterocycles. The highest BCUT2D eigenvalue weighted by Crippen LogP contribution is 2.20. The van der Waals surface area contributed by atoms with Crippen molar-refractivity contribution in [3.05, 3.63) is 29.6 Å². The monoisotopic (exact) mass is 238 g/mol. The Kier molecular flexibility index (Phi) is 3.97. The molecule has 0 radical (unpaired) electrons. The zero-order valence-corrected chi connectivity index (χ0v) is 10.2. The highest BCUT2D eigenvalue weighted by atomic mass is 19.1. The molecule has 0 saturated carbocycles. The summed E-state index contributed by atoms with van der Waals surface area (Å²) >= 11 is 0. The first-order chi connectivity index (χ1) is 8.19. The van der Waals surface area contributed by atoms with Crippen molar-refractivity contribution in [1.29, 1.82) is 0 Å². The standard InChI is InChI=1S/C13H19FN2O/c1-16(9-13-3-2-4-17-13)12-6-10(8-15)5-11(14)7-12/h5-7,13H,2-4,8-9,15H2,1H3. The van der Waals surface area contributed by atoms with Gasteiger partial charge in [-0.1, -0.05) is 0 Å². The van der Waals surface area contributed by atoms with Gasteiger partial charge < -0.3 is 15.4 Å². The first kappa shape index (κ1) is 12.3. The van der Waals surface area contributed by atoms with E-state index in [1.807, 2.05) is 18.0 Å². The van der Waals surface area contributed by atoms with E-state index in [-0.39, 0.29) is 11.9 Å². The summed E-state index contributed by atoms with van der Waals surface area (Å²) in [6.45, 7) is 2.00. The van der Waals surface area contributed by atoms with E-state index in [0.717, 1.165) is 37.2 Å². The van der Waals surface area contributed by atoms with Gasteiger partial charge in [0.2, 0.25) is 0 Å². The number of nitrogens with zero attached hydrogens (tertiary/aromatic N) is 1. The average molecular weight is 238 g/mol. The molecule has 1 atom stereocenters. The molecule has 0 aliphatic carbocycles. The fourth-order valence-corrected chi connectivity index (χ4v) is 2.17. The van der Waals surface area contributed by atoms with E-state index in [4.69, 9.17) is 10.5 Å². The third kappa shape index (κ3) is 3.17. The molecule has 1 saturated heterocycles. The highest BCUT2D eigenvalue weighted by Gasteiger charge is 2.18. The van der Waals surface area contributed by atoms with Gasteiger partial charge in [0.1, 0.15) is 5.82 Å². The molecule has 2 rings (SSSR count). The smallest absolute Gasteiger partial charge is 0.125 e. The minimum atomic E-state index is -0.234. The van der Waals surface area contributed by atoms with Crippen LogP contribution in [-0.2, 0) is 11.3 Å². The topological polar surface area (TPSA) is 38.5 Å². The van der Waals surface area contributed by atoms with Crippen molar-refractivity contribution in [3.8, 4) is 0 Å². The van der Waals surface area contributed by atoms with Gasteiger partial charge in [0.25, 0.3) is 0 Å². The van der Waals surface area contributed by atoms with Gasteiger partial charge in [-0.25, -0.2) is 4.39 Å². The number of anilines is 1. The van der Waals surface area contributed by atoms with E-state index in [1.54, 1.807) is 0 Å². The summed E-state index contributed by atoms with van der Waals surface area (Å²) in [5.41, 5.74) is 7.22. The largest absolute Gasteiger partial charge is 0.376 e. The van der Waals surface area contributed by atoms with Crippen LogP contribution in [0.4, 0.5) is 10.1 Å². The van der Waals surface area contributed by atoms with Crippen LogP contribution in [0.1, 0.15) is 18.4 Å². The summed E-state index contributed by atoms with van der Waals surface area (Å²) in [5.74, 6) is -0.234. The third-order valence-corrected chi connectivity index (χ3v) is 3.12. The molecular weight excluding hydrogens is 219 g/mol. The van der Waals surface area contributed by atoms with Crippen LogP contribution in [0.2, 0.25) is 0 Å². The van der Waals surface area contributed by atoms with Crippen molar-refractivity contribution in [3.63, 3.8) is 0 Å². The molecule has 17 heavy (non-hydrogen) atoms. The molecule has 1 aliphatic rings. The maximum Gasteiger partial charge on any atom is 0.125 e. The minimum Gasteiger partial charge on any atom is -0.376 e. The maximum atomic E-state index is 13.4. The van der Waals surface area contributed by atoms with Crippen LogP contribution in [0.15, 0.2) is 18.2 Å². The Bertz CT molecular complexity index is 378. The van der Waals surface area contributed by atoms with Gasteiger partial charge in [-0.3, -0.25) is 0 Å². The number of hydrogen-bond donors (Lipinski definition) is 1. The molecule has 3 nitrogen and oxygen atoms in total. The van der Waals surface area contributed by atoms with Crippen molar-refractivity contribution in [2.45, 2.75) is 25.5 Å². The summed E-state index contributed by atoms with van der Waals surface area (Å²) in [7, 11) is 1.96. The van der Waals surface area contributed by atoms with Crippen molar-refractivity contribution >= 4 is 5.69 Å². The lowest BCUT2D eigenvalue weighted by Gasteiger charge is -2.23. The van der Waals surface area contributed by atoms with Crippen LogP contribution in [0.5, 0.6) is 0 Å². The summed E-state index contributed by atoms with van der Waals surface area (Å²) in [6.07, 6.45) is 2.48. The van der Waals surface area contributed by atoms with Gasteiger partial charge in [-0.05, 0) is 36.6 Å². The number of nitrogens with two attached hydrogens (primary N) is 1. The van der Waals surface area contributed by atoms with Crippen LogP contribution in [0.25, 0.3) is 0 Å². The Morgan fingerprint density at radius 1 is 1.47 bits per heavy atom. The van der Waals surface area contributed by atoms with E-state index in [0.29, 0.717) is 6.54 Å². The van der Waals surface area contributed by atoms with Gasteiger partial charge in [0.15, 0.2) is 0 Å². The first-order valence-corrected chi connectivity index (χ1v) is 6.01. The fourth-order valence-electron chi connectivity index (χ4n) is 2.17. The molecule has 0 bridgehead atoms. The lowest BCUT2D eigenvalue weighted by molar-refractivity contribution is 0.116. The molecule has 4 heteroatoms. The normalized spacial score (nSPS) is 19.6. The molecule has 1 aromatic carbocycles. The number of benzene rings is 1. The lowest BCUT2D eigenvalue weighted by atomic mass is 10.1. The Morgan fingerprint density at radius 3 is 2.94 bits per heavy atom. The summed E-state index contributed by atoms with van der Waals surface area (Å²) in [4.78, 5) is 2.03. The Morgan fingerprint density at radius 2 is 2.29 bits per heavy atom. The number of rotatable bonds is 4. The second kappa shape index (κ2) is 5.47. The molecule has 0 amide bonds. The van der Waals surface area contributed by atoms with E-state index in [1.165, 1.54) is 12.1 Å². The van der Waals surface area contributed by atoms with Crippen molar-refractivity contribution < 1.29 is 9.13 Å². The number of hydrogen-bond acceptors (Lipinski definition) is 3. The predicted molar refractivity (Wildman–Crippen MR) is 66.5 cm³/mol. The van der Waals surface area contributed by atoms with Crippen LogP contribution in [0.3, 0.4) is 0 Å². The average Bonchev–Trinajstić information content (AvgIpc) is 2.81. The van der Waals surface area contributed by atoms with Crippen molar-refractivity contribution in [2.75, 3.05) is 25.1 Å². The molecule has 2 N–H and O–H groups in total. The lowest BCUT2D eigenvalue weighted by Crippen LogP contribution is -2.28. The molecule has 1 aromatic rings. The third-order valence-electron chi connectivity index (χ3n) is 3.12. The molecule has 0 aromatic heterocycles. The fraction of sp³-hybridized carbons (Fsp3) is 0.538. The van der Waals surface area contributed by atoms with Crippen LogP contribution in [0, 0.1) is 5.82 Å². The Balaban J connectivity index is 2.06. The Labute approximate surface area is 101 Å². The van der Waals surface area contributed by atoms with Crippen LogP contribution >= 0.6 is 0 Å². The molecular formula is C13H19FN2O. The summed E-state index contributed by atoms with van der Waals surface area (Å²) < 4.78 is 18.9. The van der Waals surface area contributed by atoms with E-state index < -0.39 is 0 Å². The SMILES string of the molecule is CN(CC1CCCO1)c1cc(F)cc(CN)c1. The summed E-state index contributed by atoms with van der Waals surface area (Å²) in [5, 5.41) is 0. The maximum absolute atomic E-state index is 13.4. The molecule has 94 valence electrons. The van der Waals surface area contributed by atoms with E-state index in [9.17, 15) is 4.39 Å². The minimum absolute atomic E-state index is 0.234. The Hall–Kier alpha value is -1.13. The van der Waals surface area contributed by atoms with Gasteiger partial charge in [0.05, 0.1) is 6.10 Å². The zero-order valence-electron chi connectivity index (χ0n) is 10.2. The van der Waals surface area contributed by atoms with Gasteiger partial charge in [-0.2, -0.15) is 0 Å². The highest BCUT2D eigenvalue weighted by molar-refractivity contribution is 5.48. The molecule has 1 unspecified atom stereocenters. The van der Waals surface area contributed by atoms with Crippen LogP contribution in [-0.4, -0.2) is 26.3 Å². The van der Waals surface area contributed by atoms with Gasteiger partial charge in [-0.15, -0.1) is 0 Å². The zero-order chi connectivity index (χ0) is 12.3. The molecule has 1 fully saturated rings. The number of halogens is 1. The van der Waals surface area contributed by atoms with Gasteiger partial charge in [0, 0.05) is 32.4 Å².